The van der Waals surface area contributed by atoms with Crippen molar-refractivity contribution in [1.82, 2.24) is 10.2 Å². The van der Waals surface area contributed by atoms with Crippen molar-refractivity contribution < 1.29 is 9.59 Å². The second-order valence-electron chi connectivity index (χ2n) is 7.00. The fourth-order valence-corrected chi connectivity index (χ4v) is 4.66. The first-order valence-electron chi connectivity index (χ1n) is 9.21. The molecule has 138 valence electrons. The largest absolute Gasteiger partial charge is 0.356 e. The van der Waals surface area contributed by atoms with Crippen molar-refractivity contribution in [1.29, 1.82) is 0 Å². The van der Waals surface area contributed by atoms with Gasteiger partial charge in [0, 0.05) is 31.4 Å². The van der Waals surface area contributed by atoms with Gasteiger partial charge in [-0.1, -0.05) is 30.3 Å². The third-order valence-electron chi connectivity index (χ3n) is 5.17. The Morgan fingerprint density at radius 1 is 1.23 bits per heavy atom. The molecule has 26 heavy (non-hydrogen) atoms. The summed E-state index contributed by atoms with van der Waals surface area (Å²) in [5.74, 6) is 0.108. The van der Waals surface area contributed by atoms with E-state index in [9.17, 15) is 9.59 Å². The van der Waals surface area contributed by atoms with Gasteiger partial charge in [0.15, 0.2) is 0 Å². The number of likely N-dealkylation sites (tertiary alicyclic amines) is 1. The van der Waals surface area contributed by atoms with Crippen LogP contribution in [0.15, 0.2) is 41.8 Å². The lowest BCUT2D eigenvalue weighted by molar-refractivity contribution is -0.140. The standard InChI is InChI=1S/C21H26N2O2S/c1-3-22-20(25)21(11-7-12-23(15-21)16(2)24)14-17-8-4-5-9-18(17)19-10-6-13-26-19/h4-6,8-10,13H,3,7,11-12,14-15H2,1-2H3,(H,22,25)/t21-/m0/s1. The highest BCUT2D eigenvalue weighted by atomic mass is 32.1. The number of rotatable bonds is 5. The van der Waals surface area contributed by atoms with Crippen LogP contribution in [0, 0.1) is 5.41 Å². The van der Waals surface area contributed by atoms with Gasteiger partial charge in [-0.2, -0.15) is 0 Å². The van der Waals surface area contributed by atoms with Gasteiger partial charge in [-0.25, -0.2) is 0 Å². The first-order valence-corrected chi connectivity index (χ1v) is 10.1. The molecule has 2 aromatic rings. The van der Waals surface area contributed by atoms with E-state index in [0.29, 0.717) is 19.5 Å². The van der Waals surface area contributed by atoms with E-state index in [1.54, 1.807) is 18.3 Å². The highest BCUT2D eigenvalue weighted by molar-refractivity contribution is 7.13. The summed E-state index contributed by atoms with van der Waals surface area (Å²) in [6, 6.07) is 12.5. The summed E-state index contributed by atoms with van der Waals surface area (Å²) in [5.41, 5.74) is 1.80. The van der Waals surface area contributed by atoms with Crippen molar-refractivity contribution in [2.45, 2.75) is 33.1 Å². The zero-order valence-corrected chi connectivity index (χ0v) is 16.3. The lowest BCUT2D eigenvalue weighted by Crippen LogP contribution is -2.54. The summed E-state index contributed by atoms with van der Waals surface area (Å²) in [7, 11) is 0. The number of nitrogens with zero attached hydrogens (tertiary/aromatic N) is 1. The Morgan fingerprint density at radius 2 is 2.04 bits per heavy atom. The minimum Gasteiger partial charge on any atom is -0.356 e. The third-order valence-corrected chi connectivity index (χ3v) is 6.08. The molecule has 0 radical (unpaired) electrons. The number of carbonyl (C=O) groups is 2. The monoisotopic (exact) mass is 370 g/mol. The summed E-state index contributed by atoms with van der Waals surface area (Å²) in [4.78, 5) is 28.1. The summed E-state index contributed by atoms with van der Waals surface area (Å²) < 4.78 is 0. The fraction of sp³-hybridized carbons (Fsp3) is 0.429. The van der Waals surface area contributed by atoms with E-state index in [4.69, 9.17) is 0 Å². The van der Waals surface area contributed by atoms with Crippen molar-refractivity contribution in [3.8, 4) is 10.4 Å². The van der Waals surface area contributed by atoms with Crippen LogP contribution in [0.5, 0.6) is 0 Å². The second kappa shape index (κ2) is 8.04. The topological polar surface area (TPSA) is 49.4 Å². The molecule has 0 spiro atoms. The predicted molar refractivity (Wildman–Crippen MR) is 106 cm³/mol. The Balaban J connectivity index is 1.97. The van der Waals surface area contributed by atoms with Crippen LogP contribution in [0.25, 0.3) is 10.4 Å². The Bertz CT molecular complexity index is 772. The molecule has 0 unspecified atom stereocenters. The lowest BCUT2D eigenvalue weighted by atomic mass is 9.73. The van der Waals surface area contributed by atoms with Crippen LogP contribution in [0.2, 0.25) is 0 Å². The molecule has 2 heterocycles. The second-order valence-corrected chi connectivity index (χ2v) is 7.94. The average Bonchev–Trinajstić information content (AvgIpc) is 3.17. The number of carbonyl (C=O) groups excluding carboxylic acids is 2. The Kier molecular flexibility index (Phi) is 5.77. The van der Waals surface area contributed by atoms with Crippen molar-refractivity contribution in [2.75, 3.05) is 19.6 Å². The highest BCUT2D eigenvalue weighted by Gasteiger charge is 2.43. The molecule has 1 saturated heterocycles. The van der Waals surface area contributed by atoms with Crippen LogP contribution in [0.1, 0.15) is 32.3 Å². The van der Waals surface area contributed by atoms with Crippen LogP contribution < -0.4 is 5.32 Å². The van der Waals surface area contributed by atoms with Crippen molar-refractivity contribution in [3.63, 3.8) is 0 Å². The molecule has 4 nitrogen and oxygen atoms in total. The summed E-state index contributed by atoms with van der Waals surface area (Å²) in [6.07, 6.45) is 2.32. The minimum absolute atomic E-state index is 0.0462. The maximum absolute atomic E-state index is 13.0. The van der Waals surface area contributed by atoms with E-state index in [1.807, 2.05) is 24.0 Å². The fourth-order valence-electron chi connectivity index (χ4n) is 3.87. The van der Waals surface area contributed by atoms with Crippen LogP contribution in [0.3, 0.4) is 0 Å². The minimum atomic E-state index is -0.562. The zero-order valence-electron chi connectivity index (χ0n) is 15.5. The normalized spacial score (nSPS) is 20.0. The Hall–Kier alpha value is -2.14. The number of thiophene rings is 1. The molecule has 0 saturated carbocycles. The molecule has 2 amide bonds. The summed E-state index contributed by atoms with van der Waals surface area (Å²) >= 11 is 1.71. The maximum Gasteiger partial charge on any atom is 0.228 e. The van der Waals surface area contributed by atoms with Gasteiger partial charge in [0.05, 0.1) is 5.41 Å². The number of benzene rings is 1. The van der Waals surface area contributed by atoms with E-state index in [0.717, 1.165) is 19.4 Å². The molecule has 0 aliphatic carbocycles. The molecule has 0 bridgehead atoms. The predicted octanol–water partition coefficient (Wildman–Crippen LogP) is 3.72. The SMILES string of the molecule is CCNC(=O)[C@]1(Cc2ccccc2-c2cccs2)CCCN(C(C)=O)C1. The van der Waals surface area contributed by atoms with Crippen LogP contribution in [0.4, 0.5) is 0 Å². The Morgan fingerprint density at radius 3 is 2.73 bits per heavy atom. The van der Waals surface area contributed by atoms with E-state index in [1.165, 1.54) is 16.0 Å². The van der Waals surface area contributed by atoms with Gasteiger partial charge >= 0.3 is 0 Å². The highest BCUT2D eigenvalue weighted by Crippen LogP contribution is 2.38. The first kappa shape index (κ1) is 18.6. The molecule has 5 heteroatoms. The van der Waals surface area contributed by atoms with E-state index < -0.39 is 5.41 Å². The number of piperidine rings is 1. The molecule has 3 rings (SSSR count). The number of hydrogen-bond acceptors (Lipinski definition) is 3. The molecule has 1 N–H and O–H groups in total. The molecule has 1 aromatic heterocycles. The maximum atomic E-state index is 13.0. The quantitative estimate of drug-likeness (QED) is 0.872. The van der Waals surface area contributed by atoms with Crippen LogP contribution >= 0.6 is 11.3 Å². The van der Waals surface area contributed by atoms with Gasteiger partial charge in [0.25, 0.3) is 0 Å². The van der Waals surface area contributed by atoms with E-state index in [2.05, 4.69) is 35.0 Å². The average molecular weight is 371 g/mol. The van der Waals surface area contributed by atoms with Crippen molar-refractivity contribution >= 4 is 23.2 Å². The molecule has 1 fully saturated rings. The number of hydrogen-bond donors (Lipinski definition) is 1. The van der Waals surface area contributed by atoms with Gasteiger partial charge in [-0.3, -0.25) is 9.59 Å². The molecule has 1 aliphatic heterocycles. The Labute approximate surface area is 159 Å². The van der Waals surface area contributed by atoms with Gasteiger partial charge in [0.1, 0.15) is 0 Å². The van der Waals surface area contributed by atoms with Crippen LogP contribution in [-0.4, -0.2) is 36.3 Å². The summed E-state index contributed by atoms with van der Waals surface area (Å²) in [5, 5.41) is 5.09. The van der Waals surface area contributed by atoms with Gasteiger partial charge < -0.3 is 10.2 Å². The van der Waals surface area contributed by atoms with Crippen molar-refractivity contribution in [3.05, 3.63) is 47.3 Å². The molecular weight excluding hydrogens is 344 g/mol. The zero-order chi connectivity index (χ0) is 18.6. The molecule has 1 atom stereocenters. The van der Waals surface area contributed by atoms with Gasteiger partial charge in [-0.15, -0.1) is 11.3 Å². The molecular formula is C21H26N2O2S. The van der Waals surface area contributed by atoms with E-state index in [-0.39, 0.29) is 11.8 Å². The summed E-state index contributed by atoms with van der Waals surface area (Å²) in [6.45, 7) is 5.37. The van der Waals surface area contributed by atoms with Crippen molar-refractivity contribution in [2.24, 2.45) is 5.41 Å². The number of nitrogens with one attached hydrogen (secondary N) is 1. The van der Waals surface area contributed by atoms with E-state index >= 15 is 0 Å². The molecule has 1 aromatic carbocycles. The lowest BCUT2D eigenvalue weighted by Gasteiger charge is -2.41. The molecule has 1 aliphatic rings. The first-order chi connectivity index (χ1) is 12.6. The third kappa shape index (κ3) is 3.83. The van der Waals surface area contributed by atoms with Crippen LogP contribution in [-0.2, 0) is 16.0 Å². The van der Waals surface area contributed by atoms with Gasteiger partial charge in [0.2, 0.25) is 11.8 Å². The smallest absolute Gasteiger partial charge is 0.228 e. The number of amides is 2. The van der Waals surface area contributed by atoms with Gasteiger partial charge in [-0.05, 0) is 48.8 Å².